The summed E-state index contributed by atoms with van der Waals surface area (Å²) in [5.41, 5.74) is 8.11. The summed E-state index contributed by atoms with van der Waals surface area (Å²) in [6, 6.07) is 15.6. The van der Waals surface area contributed by atoms with Gasteiger partial charge in [0.15, 0.2) is 12.5 Å². The molecular formula is C29H38NO6P. The summed E-state index contributed by atoms with van der Waals surface area (Å²) < 4.78 is 35.3. The SMILES string of the molecule is CCOCOc1c(N)cc(C(C)(C)C)cc1P(c1c(OC)cccc1OC)c1c(OC)cccc1OC. The minimum absolute atomic E-state index is 0.0673. The van der Waals surface area contributed by atoms with Crippen molar-refractivity contribution >= 4 is 29.5 Å². The topological polar surface area (TPSA) is 81.4 Å². The molecule has 8 heteroatoms. The second-order valence-corrected chi connectivity index (χ2v) is 11.3. The summed E-state index contributed by atoms with van der Waals surface area (Å²) in [6.45, 7) is 8.97. The molecular weight excluding hydrogens is 489 g/mol. The zero-order valence-corrected chi connectivity index (χ0v) is 23.9. The van der Waals surface area contributed by atoms with E-state index in [1.54, 1.807) is 28.4 Å². The maximum Gasteiger partial charge on any atom is 0.189 e. The molecule has 0 spiro atoms. The second kappa shape index (κ2) is 12.4. The van der Waals surface area contributed by atoms with Crippen LogP contribution in [0.1, 0.15) is 33.3 Å². The van der Waals surface area contributed by atoms with Gasteiger partial charge in [-0.15, -0.1) is 0 Å². The molecule has 3 rings (SSSR count). The summed E-state index contributed by atoms with van der Waals surface area (Å²) in [5.74, 6) is 3.25. The zero-order valence-electron chi connectivity index (χ0n) is 23.0. The lowest BCUT2D eigenvalue weighted by Crippen LogP contribution is -2.28. The molecule has 0 fully saturated rings. The average molecular weight is 528 g/mol. The van der Waals surface area contributed by atoms with Gasteiger partial charge < -0.3 is 34.2 Å². The molecule has 2 N–H and O–H groups in total. The molecule has 0 aliphatic heterocycles. The highest BCUT2D eigenvalue weighted by Gasteiger charge is 2.34. The van der Waals surface area contributed by atoms with Crippen LogP contribution in [0.3, 0.4) is 0 Å². The Labute approximate surface area is 221 Å². The Morgan fingerprint density at radius 1 is 0.757 bits per heavy atom. The third-order valence-corrected chi connectivity index (χ3v) is 8.54. The number of benzene rings is 3. The first-order valence-electron chi connectivity index (χ1n) is 12.1. The summed E-state index contributed by atoms with van der Waals surface area (Å²) >= 11 is 0. The lowest BCUT2D eigenvalue weighted by Gasteiger charge is -2.30. The van der Waals surface area contributed by atoms with E-state index in [2.05, 4.69) is 26.8 Å². The van der Waals surface area contributed by atoms with E-state index in [1.807, 2.05) is 49.4 Å². The Morgan fingerprint density at radius 2 is 1.22 bits per heavy atom. The van der Waals surface area contributed by atoms with Crippen molar-refractivity contribution in [1.29, 1.82) is 0 Å². The van der Waals surface area contributed by atoms with Crippen LogP contribution in [-0.4, -0.2) is 41.8 Å². The van der Waals surface area contributed by atoms with E-state index in [4.69, 9.17) is 34.2 Å². The monoisotopic (exact) mass is 527 g/mol. The van der Waals surface area contributed by atoms with E-state index < -0.39 is 7.92 Å². The molecule has 0 bridgehead atoms. The van der Waals surface area contributed by atoms with E-state index in [1.165, 1.54) is 0 Å². The van der Waals surface area contributed by atoms with Gasteiger partial charge in [-0.1, -0.05) is 32.9 Å². The van der Waals surface area contributed by atoms with Gasteiger partial charge in [0.2, 0.25) is 0 Å². The Kier molecular flexibility index (Phi) is 9.52. The number of hydrogen-bond donors (Lipinski definition) is 1. The minimum atomic E-state index is -1.43. The van der Waals surface area contributed by atoms with Crippen LogP contribution in [0.25, 0.3) is 0 Å². The molecule has 200 valence electrons. The highest BCUT2D eigenvalue weighted by Crippen LogP contribution is 2.49. The van der Waals surface area contributed by atoms with Gasteiger partial charge in [-0.05, 0) is 54.3 Å². The third kappa shape index (κ3) is 6.06. The molecule has 3 aromatic carbocycles. The van der Waals surface area contributed by atoms with Crippen molar-refractivity contribution < 1.29 is 28.4 Å². The fourth-order valence-corrected chi connectivity index (χ4v) is 6.95. The van der Waals surface area contributed by atoms with Gasteiger partial charge in [-0.25, -0.2) is 0 Å². The Hall–Kier alpha value is -3.15. The van der Waals surface area contributed by atoms with Crippen LogP contribution in [0.2, 0.25) is 0 Å². The van der Waals surface area contributed by atoms with Crippen molar-refractivity contribution in [1.82, 2.24) is 0 Å². The predicted octanol–water partition coefficient (Wildman–Crippen LogP) is 4.73. The van der Waals surface area contributed by atoms with Gasteiger partial charge in [-0.3, -0.25) is 0 Å². The van der Waals surface area contributed by atoms with Crippen molar-refractivity contribution in [2.24, 2.45) is 0 Å². The van der Waals surface area contributed by atoms with Crippen LogP contribution in [0.5, 0.6) is 28.7 Å². The first-order valence-corrected chi connectivity index (χ1v) is 13.4. The summed E-state index contributed by atoms with van der Waals surface area (Å²) in [5, 5.41) is 2.60. The van der Waals surface area contributed by atoms with Crippen LogP contribution in [0.4, 0.5) is 5.69 Å². The average Bonchev–Trinajstić information content (AvgIpc) is 2.89. The molecule has 0 aromatic heterocycles. The molecule has 0 unspecified atom stereocenters. The smallest absolute Gasteiger partial charge is 0.189 e. The van der Waals surface area contributed by atoms with E-state index in [-0.39, 0.29) is 12.2 Å². The van der Waals surface area contributed by atoms with Gasteiger partial charge >= 0.3 is 0 Å². The van der Waals surface area contributed by atoms with E-state index in [9.17, 15) is 0 Å². The Bertz CT molecular complexity index is 1110. The largest absolute Gasteiger partial charge is 0.496 e. The van der Waals surface area contributed by atoms with Gasteiger partial charge in [0, 0.05) is 19.8 Å². The quantitative estimate of drug-likeness (QED) is 0.167. The lowest BCUT2D eigenvalue weighted by atomic mass is 9.87. The van der Waals surface area contributed by atoms with Crippen molar-refractivity contribution in [2.45, 2.75) is 33.1 Å². The van der Waals surface area contributed by atoms with Crippen molar-refractivity contribution in [2.75, 3.05) is 47.6 Å². The molecule has 3 aromatic rings. The molecule has 0 aliphatic rings. The molecule has 37 heavy (non-hydrogen) atoms. The van der Waals surface area contributed by atoms with Gasteiger partial charge in [0.05, 0.1) is 44.7 Å². The molecule has 7 nitrogen and oxygen atoms in total. The third-order valence-electron chi connectivity index (χ3n) is 5.95. The number of methoxy groups -OCH3 is 4. The summed E-state index contributed by atoms with van der Waals surface area (Å²) in [7, 11) is 5.17. The number of nitrogens with two attached hydrogens (primary N) is 1. The normalized spacial score (nSPS) is 11.4. The van der Waals surface area contributed by atoms with Crippen LogP contribution < -0.4 is 45.3 Å². The molecule has 0 heterocycles. The van der Waals surface area contributed by atoms with E-state index in [0.717, 1.165) is 21.5 Å². The van der Waals surface area contributed by atoms with Crippen LogP contribution in [0.15, 0.2) is 48.5 Å². The molecule has 0 aliphatic carbocycles. The fraction of sp³-hybridized carbons (Fsp3) is 0.379. The Balaban J connectivity index is 2.52. The lowest BCUT2D eigenvalue weighted by molar-refractivity contribution is 0.0235. The molecule has 0 saturated heterocycles. The highest BCUT2D eigenvalue weighted by molar-refractivity contribution is 7.80. The molecule has 0 radical (unpaired) electrons. The number of ether oxygens (including phenoxy) is 6. The van der Waals surface area contributed by atoms with Crippen LogP contribution >= 0.6 is 7.92 Å². The maximum absolute atomic E-state index is 6.68. The van der Waals surface area contributed by atoms with E-state index >= 15 is 0 Å². The standard InChI is InChI=1S/C29H38NO6P/c1-9-35-18-36-26-20(30)16-19(29(2,3)4)17-25(26)37(27-21(31-5)12-10-13-22(27)32-6)28-23(33-7)14-11-15-24(28)34-8/h10-17H,9,18,30H2,1-8H3. The van der Waals surface area contributed by atoms with Crippen LogP contribution in [-0.2, 0) is 10.2 Å². The van der Waals surface area contributed by atoms with Gasteiger partial charge in [-0.2, -0.15) is 0 Å². The first kappa shape index (κ1) is 28.4. The molecule has 0 amide bonds. The Morgan fingerprint density at radius 3 is 1.59 bits per heavy atom. The van der Waals surface area contributed by atoms with Crippen LogP contribution in [0, 0.1) is 0 Å². The first-order chi connectivity index (χ1) is 17.7. The number of nitrogen functional groups attached to an aromatic ring is 1. The maximum atomic E-state index is 6.68. The number of hydrogen-bond acceptors (Lipinski definition) is 7. The zero-order chi connectivity index (χ0) is 27.2. The summed E-state index contributed by atoms with van der Waals surface area (Å²) in [4.78, 5) is 0. The number of anilines is 1. The minimum Gasteiger partial charge on any atom is -0.496 e. The van der Waals surface area contributed by atoms with Crippen molar-refractivity contribution in [3.8, 4) is 28.7 Å². The van der Waals surface area contributed by atoms with Crippen molar-refractivity contribution in [3.05, 3.63) is 54.1 Å². The highest BCUT2D eigenvalue weighted by atomic mass is 31.1. The van der Waals surface area contributed by atoms with E-state index in [0.29, 0.717) is 41.0 Å². The fourth-order valence-electron chi connectivity index (χ4n) is 4.03. The molecule has 0 atom stereocenters. The number of rotatable bonds is 11. The van der Waals surface area contributed by atoms with Crippen molar-refractivity contribution in [3.63, 3.8) is 0 Å². The van der Waals surface area contributed by atoms with Gasteiger partial charge in [0.25, 0.3) is 0 Å². The summed E-state index contributed by atoms with van der Waals surface area (Å²) in [6.07, 6.45) is 0. The van der Waals surface area contributed by atoms with Gasteiger partial charge in [0.1, 0.15) is 23.0 Å². The second-order valence-electron chi connectivity index (χ2n) is 9.28. The predicted molar refractivity (Wildman–Crippen MR) is 152 cm³/mol. The molecule has 0 saturated carbocycles.